The maximum absolute atomic E-state index is 12.3. The number of fused-ring (bicyclic) bond motifs is 1. The van der Waals surface area contributed by atoms with Crippen LogP contribution in [0.3, 0.4) is 0 Å². The smallest absolute Gasteiger partial charge is 0.224 e. The quantitative estimate of drug-likeness (QED) is 0.926. The Kier molecular flexibility index (Phi) is 3.49. The van der Waals surface area contributed by atoms with E-state index in [0.717, 1.165) is 16.3 Å². The van der Waals surface area contributed by atoms with E-state index in [1.165, 1.54) is 19.3 Å². The summed E-state index contributed by atoms with van der Waals surface area (Å²) < 4.78 is 0. The molecule has 22 heavy (non-hydrogen) atoms. The Morgan fingerprint density at radius 1 is 1.27 bits per heavy atom. The Balaban J connectivity index is 1.42. The van der Waals surface area contributed by atoms with Gasteiger partial charge in [0.25, 0.3) is 0 Å². The second-order valence-electron chi connectivity index (χ2n) is 6.45. The largest absolute Gasteiger partial charge is 0.347 e. The van der Waals surface area contributed by atoms with Crippen LogP contribution >= 0.6 is 11.3 Å². The van der Waals surface area contributed by atoms with Gasteiger partial charge in [0, 0.05) is 16.9 Å². The lowest BCUT2D eigenvalue weighted by Gasteiger charge is -2.12. The van der Waals surface area contributed by atoms with Gasteiger partial charge >= 0.3 is 0 Å². The number of aromatic nitrogens is 1. The molecular weight excluding hydrogens is 292 g/mol. The first kappa shape index (κ1) is 13.9. The summed E-state index contributed by atoms with van der Waals surface area (Å²) in [6.07, 6.45) is 3.79. The van der Waals surface area contributed by atoms with E-state index in [-0.39, 0.29) is 17.9 Å². The highest BCUT2D eigenvalue weighted by atomic mass is 32.1. The fourth-order valence-electron chi connectivity index (χ4n) is 3.81. The molecule has 2 aliphatic carbocycles. The number of hydrogen-bond donors (Lipinski definition) is 1. The molecule has 3 atom stereocenters. The normalized spacial score (nSPS) is 27.2. The van der Waals surface area contributed by atoms with Gasteiger partial charge in [-0.1, -0.05) is 36.8 Å². The van der Waals surface area contributed by atoms with Crippen molar-refractivity contribution in [3.8, 4) is 11.3 Å². The molecule has 4 rings (SSSR count). The molecule has 114 valence electrons. The summed E-state index contributed by atoms with van der Waals surface area (Å²) in [5.41, 5.74) is 2.12. The fraction of sp³-hybridized carbons (Fsp3) is 0.444. The summed E-state index contributed by atoms with van der Waals surface area (Å²) in [7, 11) is 0. The lowest BCUT2D eigenvalue weighted by atomic mass is 10.1. The molecule has 1 aromatic carbocycles. The summed E-state index contributed by atoms with van der Waals surface area (Å²) in [5, 5.41) is 6.21. The molecule has 4 heteroatoms. The lowest BCUT2D eigenvalue weighted by Crippen LogP contribution is -2.29. The van der Waals surface area contributed by atoms with E-state index in [9.17, 15) is 4.79 Å². The molecule has 0 saturated heterocycles. The van der Waals surface area contributed by atoms with Crippen LogP contribution in [0.5, 0.6) is 0 Å². The van der Waals surface area contributed by atoms with Crippen molar-refractivity contribution >= 4 is 17.2 Å². The maximum Gasteiger partial charge on any atom is 0.224 e. The van der Waals surface area contributed by atoms with Gasteiger partial charge in [-0.2, -0.15) is 0 Å². The Bertz CT molecular complexity index is 671. The topological polar surface area (TPSA) is 42.0 Å². The van der Waals surface area contributed by atoms with Gasteiger partial charge in [0.1, 0.15) is 5.01 Å². The second-order valence-corrected chi connectivity index (χ2v) is 7.34. The van der Waals surface area contributed by atoms with Crippen LogP contribution in [0.4, 0.5) is 0 Å². The molecule has 0 aliphatic heterocycles. The van der Waals surface area contributed by atoms with Crippen molar-refractivity contribution in [1.29, 1.82) is 0 Å². The minimum atomic E-state index is -0.00344. The van der Waals surface area contributed by atoms with Crippen LogP contribution in [0.2, 0.25) is 0 Å². The number of benzene rings is 1. The van der Waals surface area contributed by atoms with Crippen molar-refractivity contribution in [2.75, 3.05) is 0 Å². The van der Waals surface area contributed by atoms with Gasteiger partial charge in [0.05, 0.1) is 11.7 Å². The zero-order valence-corrected chi connectivity index (χ0v) is 13.5. The van der Waals surface area contributed by atoms with Crippen molar-refractivity contribution in [3.05, 3.63) is 40.7 Å². The molecule has 2 saturated carbocycles. The van der Waals surface area contributed by atoms with Crippen LogP contribution in [-0.4, -0.2) is 10.9 Å². The number of nitrogens with one attached hydrogen (secondary N) is 1. The SMILES string of the molecule is C[C@H](NC(=O)C1[C@@H]2CCC[C@@H]12)c1nc(-c2ccccc2)cs1. The molecule has 1 N–H and O–H groups in total. The Labute approximate surface area is 134 Å². The molecule has 0 bridgehead atoms. The summed E-state index contributed by atoms with van der Waals surface area (Å²) in [6.45, 7) is 2.03. The number of rotatable bonds is 4. The number of hydrogen-bond acceptors (Lipinski definition) is 3. The minimum absolute atomic E-state index is 0.00344. The molecule has 2 aromatic rings. The average molecular weight is 312 g/mol. The van der Waals surface area contributed by atoms with E-state index >= 15 is 0 Å². The van der Waals surface area contributed by atoms with Gasteiger partial charge in [-0.25, -0.2) is 4.98 Å². The zero-order chi connectivity index (χ0) is 15.1. The van der Waals surface area contributed by atoms with Gasteiger partial charge in [-0.15, -0.1) is 11.3 Å². The second kappa shape index (κ2) is 5.51. The summed E-state index contributed by atoms with van der Waals surface area (Å²) in [5.74, 6) is 1.86. The zero-order valence-electron chi connectivity index (χ0n) is 12.7. The summed E-state index contributed by atoms with van der Waals surface area (Å²) >= 11 is 1.62. The number of nitrogens with zero attached hydrogens (tertiary/aromatic N) is 1. The van der Waals surface area contributed by atoms with E-state index in [2.05, 4.69) is 27.8 Å². The molecule has 2 fully saturated rings. The van der Waals surface area contributed by atoms with Crippen LogP contribution in [0.15, 0.2) is 35.7 Å². The predicted octanol–water partition coefficient (Wildman–Crippen LogP) is 4.03. The van der Waals surface area contributed by atoms with Crippen LogP contribution in [0.1, 0.15) is 37.2 Å². The molecule has 0 spiro atoms. The molecule has 2 aliphatic rings. The van der Waals surface area contributed by atoms with Crippen LogP contribution < -0.4 is 5.32 Å². The first-order chi connectivity index (χ1) is 10.7. The summed E-state index contributed by atoms with van der Waals surface area (Å²) in [6, 6.07) is 10.2. The Hall–Kier alpha value is -1.68. The monoisotopic (exact) mass is 312 g/mol. The van der Waals surface area contributed by atoms with Gasteiger partial charge in [-0.3, -0.25) is 4.79 Å². The van der Waals surface area contributed by atoms with Crippen LogP contribution in [0.25, 0.3) is 11.3 Å². The number of thiazole rings is 1. The van der Waals surface area contributed by atoms with Gasteiger partial charge in [-0.05, 0) is 31.6 Å². The van der Waals surface area contributed by atoms with Gasteiger partial charge in [0.15, 0.2) is 0 Å². The highest BCUT2D eigenvalue weighted by Gasteiger charge is 2.56. The van der Waals surface area contributed by atoms with Crippen molar-refractivity contribution in [3.63, 3.8) is 0 Å². The van der Waals surface area contributed by atoms with E-state index < -0.39 is 0 Å². The Morgan fingerprint density at radius 3 is 2.73 bits per heavy atom. The van der Waals surface area contributed by atoms with E-state index in [0.29, 0.717) is 11.8 Å². The maximum atomic E-state index is 12.3. The predicted molar refractivity (Wildman–Crippen MR) is 88.4 cm³/mol. The average Bonchev–Trinajstić information content (AvgIpc) is 2.95. The first-order valence-corrected chi connectivity index (χ1v) is 8.93. The van der Waals surface area contributed by atoms with Crippen LogP contribution in [-0.2, 0) is 4.79 Å². The van der Waals surface area contributed by atoms with Crippen molar-refractivity contribution < 1.29 is 4.79 Å². The standard InChI is InChI=1S/C18H20N2OS/c1-11(19-17(21)16-13-8-5-9-14(13)16)18-20-15(10-22-18)12-6-3-2-4-7-12/h2-4,6-7,10-11,13-14,16H,5,8-9H2,1H3,(H,19,21)/t11-,13+,14+/m0/s1. The Morgan fingerprint density at radius 2 is 2.00 bits per heavy atom. The third-order valence-corrected chi connectivity index (χ3v) is 6.06. The van der Waals surface area contributed by atoms with Gasteiger partial charge in [0.2, 0.25) is 5.91 Å². The summed E-state index contributed by atoms with van der Waals surface area (Å²) in [4.78, 5) is 17.0. The van der Waals surface area contributed by atoms with E-state index in [1.807, 2.05) is 25.1 Å². The van der Waals surface area contributed by atoms with E-state index in [4.69, 9.17) is 0 Å². The molecule has 0 radical (unpaired) electrons. The number of carbonyl (C=O) groups is 1. The molecule has 1 aromatic heterocycles. The minimum Gasteiger partial charge on any atom is -0.347 e. The fourth-order valence-corrected chi connectivity index (χ4v) is 4.65. The highest BCUT2D eigenvalue weighted by molar-refractivity contribution is 7.10. The van der Waals surface area contributed by atoms with Crippen molar-refractivity contribution in [2.24, 2.45) is 17.8 Å². The molecule has 3 nitrogen and oxygen atoms in total. The van der Waals surface area contributed by atoms with Crippen molar-refractivity contribution in [1.82, 2.24) is 10.3 Å². The number of amides is 1. The number of carbonyl (C=O) groups excluding carboxylic acids is 1. The third-order valence-electron chi connectivity index (χ3n) is 5.03. The first-order valence-electron chi connectivity index (χ1n) is 8.05. The molecule has 0 unspecified atom stereocenters. The molecule has 1 heterocycles. The van der Waals surface area contributed by atoms with Gasteiger partial charge < -0.3 is 5.32 Å². The van der Waals surface area contributed by atoms with E-state index in [1.54, 1.807) is 11.3 Å². The highest BCUT2D eigenvalue weighted by Crippen LogP contribution is 2.57. The van der Waals surface area contributed by atoms with Crippen LogP contribution in [0, 0.1) is 17.8 Å². The van der Waals surface area contributed by atoms with Crippen molar-refractivity contribution in [2.45, 2.75) is 32.2 Å². The molecule has 1 amide bonds. The molecular formula is C18H20N2OS. The third kappa shape index (κ3) is 2.45. The lowest BCUT2D eigenvalue weighted by molar-refractivity contribution is -0.123.